The van der Waals surface area contributed by atoms with E-state index in [1.165, 1.54) is 7.11 Å². The summed E-state index contributed by atoms with van der Waals surface area (Å²) in [6, 6.07) is -0.493. The molecule has 1 rings (SSSR count). The highest BCUT2D eigenvalue weighted by Gasteiger charge is 2.34. The van der Waals surface area contributed by atoms with Gasteiger partial charge in [0, 0.05) is 13.1 Å². The fraction of sp³-hybridized carbons (Fsp3) is 0.846. The molecule has 0 aliphatic carbocycles. The normalized spacial score (nSPS) is 19.5. The molecule has 1 fully saturated rings. The van der Waals surface area contributed by atoms with Crippen molar-refractivity contribution in [3.8, 4) is 0 Å². The largest absolute Gasteiger partial charge is 0.469 e. The van der Waals surface area contributed by atoms with Gasteiger partial charge in [-0.2, -0.15) is 0 Å². The van der Waals surface area contributed by atoms with Crippen LogP contribution in [0.2, 0.25) is 0 Å². The number of hydrogen-bond acceptors (Lipinski definition) is 4. The molecule has 0 radical (unpaired) electrons. The van der Waals surface area contributed by atoms with Crippen molar-refractivity contribution in [2.24, 2.45) is 17.1 Å². The van der Waals surface area contributed by atoms with Crippen LogP contribution < -0.4 is 5.73 Å². The Kier molecular flexibility index (Phi) is 4.73. The first kappa shape index (κ1) is 15.0. The first-order valence-electron chi connectivity index (χ1n) is 6.39. The zero-order chi connectivity index (χ0) is 13.9. The Bertz CT molecular complexity index is 315. The Labute approximate surface area is 109 Å². The highest BCUT2D eigenvalue weighted by molar-refractivity contribution is 5.83. The second-order valence-electron chi connectivity index (χ2n) is 5.97. The number of piperidine rings is 1. The van der Waals surface area contributed by atoms with Crippen LogP contribution in [0.25, 0.3) is 0 Å². The van der Waals surface area contributed by atoms with Gasteiger partial charge in [-0.15, -0.1) is 0 Å². The zero-order valence-electron chi connectivity index (χ0n) is 11.7. The van der Waals surface area contributed by atoms with Crippen LogP contribution in [-0.2, 0) is 14.3 Å². The molecule has 1 aliphatic rings. The number of esters is 1. The van der Waals surface area contributed by atoms with Gasteiger partial charge < -0.3 is 15.4 Å². The molecule has 0 saturated carbocycles. The van der Waals surface area contributed by atoms with Crippen molar-refractivity contribution in [3.63, 3.8) is 0 Å². The summed E-state index contributed by atoms with van der Waals surface area (Å²) in [5.74, 6) is -0.280. The molecule has 1 unspecified atom stereocenters. The zero-order valence-corrected chi connectivity index (χ0v) is 11.7. The topological polar surface area (TPSA) is 72.6 Å². The molecular formula is C13H24N2O3. The van der Waals surface area contributed by atoms with E-state index in [9.17, 15) is 9.59 Å². The molecule has 0 aromatic heterocycles. The molecule has 18 heavy (non-hydrogen) atoms. The molecule has 1 atom stereocenters. The predicted octanol–water partition coefficient (Wildman–Crippen LogP) is 0.771. The van der Waals surface area contributed by atoms with Gasteiger partial charge in [-0.1, -0.05) is 20.8 Å². The number of amides is 1. The van der Waals surface area contributed by atoms with E-state index < -0.39 is 6.04 Å². The van der Waals surface area contributed by atoms with Crippen LogP contribution in [0.1, 0.15) is 33.6 Å². The highest BCUT2D eigenvalue weighted by atomic mass is 16.5. The maximum absolute atomic E-state index is 12.2. The number of hydrogen-bond donors (Lipinski definition) is 1. The van der Waals surface area contributed by atoms with Crippen LogP contribution in [0, 0.1) is 11.3 Å². The maximum atomic E-state index is 12.2. The molecule has 5 nitrogen and oxygen atoms in total. The first-order valence-corrected chi connectivity index (χ1v) is 6.39. The van der Waals surface area contributed by atoms with Crippen LogP contribution in [0.3, 0.4) is 0 Å². The molecule has 0 bridgehead atoms. The van der Waals surface area contributed by atoms with Crippen molar-refractivity contribution in [2.75, 3.05) is 20.2 Å². The molecule has 2 N–H and O–H groups in total. The minimum atomic E-state index is -0.493. The Morgan fingerprint density at radius 1 is 1.28 bits per heavy atom. The average molecular weight is 256 g/mol. The lowest BCUT2D eigenvalue weighted by atomic mass is 9.86. The third kappa shape index (κ3) is 3.45. The molecule has 1 saturated heterocycles. The SMILES string of the molecule is COC(=O)C1CCN(C(=O)C(N)C(C)(C)C)CC1. The summed E-state index contributed by atoms with van der Waals surface area (Å²) in [7, 11) is 1.40. The Morgan fingerprint density at radius 2 is 1.78 bits per heavy atom. The van der Waals surface area contributed by atoms with E-state index in [4.69, 9.17) is 10.5 Å². The third-order valence-electron chi connectivity index (χ3n) is 3.54. The van der Waals surface area contributed by atoms with Gasteiger partial charge >= 0.3 is 5.97 Å². The quantitative estimate of drug-likeness (QED) is 0.741. The number of carbonyl (C=O) groups is 2. The van der Waals surface area contributed by atoms with Gasteiger partial charge in [0.25, 0.3) is 0 Å². The van der Waals surface area contributed by atoms with Gasteiger partial charge in [0.15, 0.2) is 0 Å². The standard InChI is InChI=1S/C13H24N2O3/c1-13(2,3)10(14)11(16)15-7-5-9(6-8-15)12(17)18-4/h9-10H,5-8,14H2,1-4H3. The molecule has 0 aromatic rings. The molecular weight excluding hydrogens is 232 g/mol. The van der Waals surface area contributed by atoms with Crippen molar-refractivity contribution in [3.05, 3.63) is 0 Å². The molecule has 0 spiro atoms. The summed E-state index contributed by atoms with van der Waals surface area (Å²) in [6.45, 7) is 7.04. The van der Waals surface area contributed by atoms with E-state index in [0.717, 1.165) is 0 Å². The van der Waals surface area contributed by atoms with E-state index in [2.05, 4.69) is 0 Å². The number of nitrogens with two attached hydrogens (primary N) is 1. The number of methoxy groups -OCH3 is 1. The summed E-state index contributed by atoms with van der Waals surface area (Å²) in [6.07, 6.45) is 1.32. The van der Waals surface area contributed by atoms with Gasteiger partial charge in [0.1, 0.15) is 0 Å². The minimum absolute atomic E-state index is 0.0224. The molecule has 0 aromatic carbocycles. The molecule has 5 heteroatoms. The molecule has 1 heterocycles. The lowest BCUT2D eigenvalue weighted by Crippen LogP contribution is -2.52. The lowest BCUT2D eigenvalue weighted by Gasteiger charge is -2.35. The minimum Gasteiger partial charge on any atom is -0.469 e. The average Bonchev–Trinajstić information content (AvgIpc) is 2.35. The Morgan fingerprint density at radius 3 is 2.17 bits per heavy atom. The van der Waals surface area contributed by atoms with E-state index in [0.29, 0.717) is 25.9 Å². The number of ether oxygens (including phenoxy) is 1. The van der Waals surface area contributed by atoms with Gasteiger partial charge in [0.2, 0.25) is 5.91 Å². The summed E-state index contributed by atoms with van der Waals surface area (Å²) >= 11 is 0. The van der Waals surface area contributed by atoms with Crippen molar-refractivity contribution >= 4 is 11.9 Å². The second kappa shape index (κ2) is 5.69. The summed E-state index contributed by atoms with van der Waals surface area (Å²) in [5.41, 5.74) is 5.72. The van der Waals surface area contributed by atoms with Crippen molar-refractivity contribution in [2.45, 2.75) is 39.7 Å². The fourth-order valence-electron chi connectivity index (χ4n) is 2.07. The van der Waals surface area contributed by atoms with Crippen molar-refractivity contribution in [1.82, 2.24) is 4.90 Å². The van der Waals surface area contributed by atoms with Crippen LogP contribution in [0.15, 0.2) is 0 Å². The smallest absolute Gasteiger partial charge is 0.308 e. The maximum Gasteiger partial charge on any atom is 0.308 e. The van der Waals surface area contributed by atoms with Gasteiger partial charge in [-0.05, 0) is 18.3 Å². The van der Waals surface area contributed by atoms with E-state index in [1.54, 1.807) is 4.90 Å². The van der Waals surface area contributed by atoms with Crippen LogP contribution in [-0.4, -0.2) is 43.0 Å². The number of rotatable bonds is 2. The predicted molar refractivity (Wildman–Crippen MR) is 68.8 cm³/mol. The molecule has 1 aliphatic heterocycles. The van der Waals surface area contributed by atoms with Gasteiger partial charge in [-0.25, -0.2) is 0 Å². The fourth-order valence-corrected chi connectivity index (χ4v) is 2.07. The van der Waals surface area contributed by atoms with Crippen molar-refractivity contribution in [1.29, 1.82) is 0 Å². The lowest BCUT2D eigenvalue weighted by molar-refractivity contribution is -0.149. The highest BCUT2D eigenvalue weighted by Crippen LogP contribution is 2.23. The van der Waals surface area contributed by atoms with E-state index in [-0.39, 0.29) is 23.2 Å². The number of carbonyl (C=O) groups excluding carboxylic acids is 2. The van der Waals surface area contributed by atoms with Gasteiger partial charge in [0.05, 0.1) is 19.1 Å². The Hall–Kier alpha value is -1.10. The monoisotopic (exact) mass is 256 g/mol. The Balaban J connectivity index is 2.53. The van der Waals surface area contributed by atoms with E-state index >= 15 is 0 Å². The summed E-state index contributed by atoms with van der Waals surface area (Å²) < 4.78 is 4.72. The van der Waals surface area contributed by atoms with Crippen LogP contribution in [0.4, 0.5) is 0 Å². The number of nitrogens with zero attached hydrogens (tertiary/aromatic N) is 1. The first-order chi connectivity index (χ1) is 8.27. The van der Waals surface area contributed by atoms with Crippen molar-refractivity contribution < 1.29 is 14.3 Å². The van der Waals surface area contributed by atoms with E-state index in [1.807, 2.05) is 20.8 Å². The second-order valence-corrected chi connectivity index (χ2v) is 5.97. The number of likely N-dealkylation sites (tertiary alicyclic amines) is 1. The third-order valence-corrected chi connectivity index (χ3v) is 3.54. The summed E-state index contributed by atoms with van der Waals surface area (Å²) in [4.78, 5) is 25.3. The molecule has 1 amide bonds. The van der Waals surface area contributed by atoms with Crippen LogP contribution in [0.5, 0.6) is 0 Å². The van der Waals surface area contributed by atoms with Crippen LogP contribution >= 0.6 is 0 Å². The summed E-state index contributed by atoms with van der Waals surface area (Å²) in [5, 5.41) is 0. The van der Waals surface area contributed by atoms with Gasteiger partial charge in [-0.3, -0.25) is 9.59 Å². The molecule has 104 valence electrons.